The lowest BCUT2D eigenvalue weighted by Gasteiger charge is -2.21. The lowest BCUT2D eigenvalue weighted by Crippen LogP contribution is -2.18. The molecule has 0 amide bonds. The fourth-order valence-electron chi connectivity index (χ4n) is 2.08. The van der Waals surface area contributed by atoms with Crippen LogP contribution in [-0.2, 0) is 11.2 Å². The normalized spacial score (nSPS) is 20.9. The predicted octanol–water partition coefficient (Wildman–Crippen LogP) is 2.99. The number of aryl methyl sites for hydroxylation is 1. The van der Waals surface area contributed by atoms with Gasteiger partial charge in [0.2, 0.25) is 0 Å². The molecular formula is C12H18N2OS. The highest BCUT2D eigenvalue weighted by Crippen LogP contribution is 2.22. The van der Waals surface area contributed by atoms with Gasteiger partial charge in [-0.05, 0) is 25.3 Å². The van der Waals surface area contributed by atoms with Crippen molar-refractivity contribution in [1.29, 1.82) is 0 Å². The lowest BCUT2D eigenvalue weighted by molar-refractivity contribution is 0.0779. The minimum absolute atomic E-state index is 0.396. The first kappa shape index (κ1) is 11.7. The number of ether oxygens (including phenoxy) is 1. The summed E-state index contributed by atoms with van der Waals surface area (Å²) in [6, 6.07) is 1.96. The van der Waals surface area contributed by atoms with E-state index >= 15 is 0 Å². The first-order chi connectivity index (χ1) is 7.79. The number of H-pyrrole nitrogens is 1. The molecule has 0 bridgehead atoms. The number of hydrogen-bond acceptors (Lipinski definition) is 3. The number of rotatable bonds is 3. The number of aromatic amines is 1. The van der Waals surface area contributed by atoms with E-state index in [1.165, 1.54) is 5.69 Å². The molecule has 0 aliphatic carbocycles. The van der Waals surface area contributed by atoms with Crippen LogP contribution in [0.1, 0.15) is 43.6 Å². The standard InChI is InChI=1S/C12H18N2OS/c1-2-4-10-7-11(16)14-12(13-10)9-5-3-6-15-8-9/h7,9H,2-6,8H2,1H3,(H,13,14,16). The van der Waals surface area contributed by atoms with Gasteiger partial charge in [0.15, 0.2) is 0 Å². The lowest BCUT2D eigenvalue weighted by atomic mass is 10.0. The van der Waals surface area contributed by atoms with Crippen molar-refractivity contribution < 1.29 is 4.74 Å². The third kappa shape index (κ3) is 2.89. The second-order valence-corrected chi connectivity index (χ2v) is 4.71. The molecule has 1 saturated heterocycles. The molecule has 4 heteroatoms. The summed E-state index contributed by atoms with van der Waals surface area (Å²) in [5.74, 6) is 1.41. The van der Waals surface area contributed by atoms with Gasteiger partial charge in [0.1, 0.15) is 10.5 Å². The number of hydrogen-bond donors (Lipinski definition) is 1. The van der Waals surface area contributed by atoms with Crippen LogP contribution in [0.3, 0.4) is 0 Å². The molecule has 1 aromatic heterocycles. The van der Waals surface area contributed by atoms with Crippen molar-refractivity contribution in [3.63, 3.8) is 0 Å². The van der Waals surface area contributed by atoms with E-state index < -0.39 is 0 Å². The summed E-state index contributed by atoms with van der Waals surface area (Å²) in [4.78, 5) is 7.82. The van der Waals surface area contributed by atoms with Crippen LogP contribution in [0.5, 0.6) is 0 Å². The van der Waals surface area contributed by atoms with Crippen molar-refractivity contribution in [2.75, 3.05) is 13.2 Å². The second-order valence-electron chi connectivity index (χ2n) is 4.29. The van der Waals surface area contributed by atoms with Crippen molar-refractivity contribution in [1.82, 2.24) is 9.97 Å². The molecule has 1 aliphatic heterocycles. The van der Waals surface area contributed by atoms with Crippen molar-refractivity contribution in [2.24, 2.45) is 0 Å². The van der Waals surface area contributed by atoms with Gasteiger partial charge in [-0.2, -0.15) is 0 Å². The molecule has 0 saturated carbocycles. The Morgan fingerprint density at radius 1 is 1.62 bits per heavy atom. The molecule has 0 spiro atoms. The van der Waals surface area contributed by atoms with Crippen molar-refractivity contribution in [2.45, 2.75) is 38.5 Å². The fraction of sp³-hybridized carbons (Fsp3) is 0.667. The minimum atomic E-state index is 0.396. The van der Waals surface area contributed by atoms with Gasteiger partial charge in [0.25, 0.3) is 0 Å². The van der Waals surface area contributed by atoms with Crippen LogP contribution in [0, 0.1) is 4.64 Å². The molecule has 1 fully saturated rings. The second kappa shape index (κ2) is 5.55. The van der Waals surface area contributed by atoms with Crippen LogP contribution < -0.4 is 0 Å². The fourth-order valence-corrected chi connectivity index (χ4v) is 2.32. The molecule has 1 unspecified atom stereocenters. The van der Waals surface area contributed by atoms with Gasteiger partial charge < -0.3 is 9.72 Å². The summed E-state index contributed by atoms with van der Waals surface area (Å²) in [6.07, 6.45) is 4.42. The summed E-state index contributed by atoms with van der Waals surface area (Å²) in [5.41, 5.74) is 1.20. The van der Waals surface area contributed by atoms with Crippen molar-refractivity contribution in [3.8, 4) is 0 Å². The highest BCUT2D eigenvalue weighted by molar-refractivity contribution is 7.71. The Hall–Kier alpha value is -0.740. The van der Waals surface area contributed by atoms with Gasteiger partial charge in [-0.3, -0.25) is 0 Å². The maximum absolute atomic E-state index is 5.48. The smallest absolute Gasteiger partial charge is 0.130 e. The topological polar surface area (TPSA) is 37.9 Å². The Balaban J connectivity index is 2.21. The molecule has 88 valence electrons. The van der Waals surface area contributed by atoms with Crippen LogP contribution in [-0.4, -0.2) is 23.2 Å². The van der Waals surface area contributed by atoms with Gasteiger partial charge in [-0.1, -0.05) is 25.6 Å². The van der Waals surface area contributed by atoms with Crippen LogP contribution >= 0.6 is 12.2 Å². The molecule has 0 radical (unpaired) electrons. The van der Waals surface area contributed by atoms with E-state index in [0.717, 1.165) is 44.7 Å². The molecule has 1 aromatic rings. The van der Waals surface area contributed by atoms with Crippen LogP contribution in [0.4, 0.5) is 0 Å². The van der Waals surface area contributed by atoms with Gasteiger partial charge >= 0.3 is 0 Å². The molecule has 1 atom stereocenters. The molecule has 16 heavy (non-hydrogen) atoms. The summed E-state index contributed by atoms with van der Waals surface area (Å²) < 4.78 is 6.18. The number of nitrogens with zero attached hydrogens (tertiary/aromatic N) is 1. The Labute approximate surface area is 101 Å². The van der Waals surface area contributed by atoms with E-state index in [4.69, 9.17) is 17.0 Å². The van der Waals surface area contributed by atoms with Gasteiger partial charge in [-0.15, -0.1) is 0 Å². The van der Waals surface area contributed by atoms with Crippen molar-refractivity contribution in [3.05, 3.63) is 22.2 Å². The zero-order valence-electron chi connectivity index (χ0n) is 9.66. The van der Waals surface area contributed by atoms with Gasteiger partial charge in [0, 0.05) is 18.2 Å². The van der Waals surface area contributed by atoms with Crippen molar-refractivity contribution >= 4 is 12.2 Å². The van der Waals surface area contributed by atoms with Crippen LogP contribution in [0.2, 0.25) is 0 Å². The van der Waals surface area contributed by atoms with E-state index in [0.29, 0.717) is 10.6 Å². The minimum Gasteiger partial charge on any atom is -0.381 e. The average molecular weight is 238 g/mol. The van der Waals surface area contributed by atoms with E-state index in [9.17, 15) is 0 Å². The largest absolute Gasteiger partial charge is 0.381 e. The zero-order valence-corrected chi connectivity index (χ0v) is 10.5. The summed E-state index contributed by atoms with van der Waals surface area (Å²) >= 11 is 5.20. The third-order valence-corrected chi connectivity index (χ3v) is 3.09. The number of aromatic nitrogens is 2. The highest BCUT2D eigenvalue weighted by atomic mass is 32.1. The first-order valence-electron chi connectivity index (χ1n) is 5.97. The quantitative estimate of drug-likeness (QED) is 0.823. The average Bonchev–Trinajstić information content (AvgIpc) is 2.30. The summed E-state index contributed by atoms with van der Waals surface area (Å²) in [5, 5.41) is 0. The highest BCUT2D eigenvalue weighted by Gasteiger charge is 2.18. The molecule has 2 rings (SSSR count). The Kier molecular flexibility index (Phi) is 4.07. The molecule has 1 aliphatic rings. The molecular weight excluding hydrogens is 220 g/mol. The first-order valence-corrected chi connectivity index (χ1v) is 6.38. The van der Waals surface area contributed by atoms with Crippen LogP contribution in [0.15, 0.2) is 6.07 Å². The van der Waals surface area contributed by atoms with Crippen LogP contribution in [0.25, 0.3) is 0 Å². The predicted molar refractivity (Wildman–Crippen MR) is 66.2 cm³/mol. The van der Waals surface area contributed by atoms with E-state index in [2.05, 4.69) is 16.9 Å². The SMILES string of the molecule is CCCc1cc(=S)nc(C2CCCOC2)[nH]1. The maximum Gasteiger partial charge on any atom is 0.130 e. The van der Waals surface area contributed by atoms with E-state index in [1.54, 1.807) is 0 Å². The molecule has 3 nitrogen and oxygen atoms in total. The Bertz CT molecular complexity index is 396. The van der Waals surface area contributed by atoms with Gasteiger partial charge in [0.05, 0.1) is 6.61 Å². The molecule has 2 heterocycles. The maximum atomic E-state index is 5.48. The summed E-state index contributed by atoms with van der Waals surface area (Å²) in [6.45, 7) is 3.82. The summed E-state index contributed by atoms with van der Waals surface area (Å²) in [7, 11) is 0. The van der Waals surface area contributed by atoms with Gasteiger partial charge in [-0.25, -0.2) is 4.98 Å². The van der Waals surface area contributed by atoms with E-state index in [-0.39, 0.29) is 0 Å². The Morgan fingerprint density at radius 2 is 2.50 bits per heavy atom. The third-order valence-electron chi connectivity index (χ3n) is 2.88. The Morgan fingerprint density at radius 3 is 3.19 bits per heavy atom. The monoisotopic (exact) mass is 238 g/mol. The zero-order chi connectivity index (χ0) is 11.4. The number of nitrogens with one attached hydrogen (secondary N) is 1. The van der Waals surface area contributed by atoms with E-state index in [1.807, 2.05) is 6.07 Å². The molecule has 1 N–H and O–H groups in total. The molecule has 0 aromatic carbocycles.